The number of pyridine rings is 1. The van der Waals surface area contributed by atoms with E-state index in [1.165, 1.54) is 0 Å². The van der Waals surface area contributed by atoms with Gasteiger partial charge < -0.3 is 0 Å². The van der Waals surface area contributed by atoms with E-state index in [1.807, 2.05) is 42.5 Å². The Morgan fingerprint density at radius 2 is 1.88 bits per heavy atom. The number of Topliss-reactive ketones (excluding diaryl/α,β-unsaturated/α-hetero) is 1. The van der Waals surface area contributed by atoms with E-state index in [1.54, 1.807) is 6.20 Å². The third kappa shape index (κ3) is 2.31. The van der Waals surface area contributed by atoms with Gasteiger partial charge in [0.05, 0.1) is 11.4 Å². The SMILES string of the molecule is O=C(CS)c1ccc(-c2ccccn2)cc1. The molecule has 0 bridgehead atoms. The Kier molecular flexibility index (Phi) is 3.37. The lowest BCUT2D eigenvalue weighted by Gasteiger charge is -2.01. The van der Waals surface area contributed by atoms with Crippen molar-refractivity contribution >= 4 is 18.4 Å². The molecule has 16 heavy (non-hydrogen) atoms. The van der Waals surface area contributed by atoms with Crippen molar-refractivity contribution in [3.63, 3.8) is 0 Å². The minimum Gasteiger partial charge on any atom is -0.293 e. The first-order chi connectivity index (χ1) is 7.81. The number of ketones is 1. The molecule has 0 atom stereocenters. The standard InChI is InChI=1S/C13H11NOS/c15-13(9-16)11-6-4-10(5-7-11)12-3-1-2-8-14-12/h1-8,16H,9H2. The highest BCUT2D eigenvalue weighted by Crippen LogP contribution is 2.17. The van der Waals surface area contributed by atoms with Gasteiger partial charge in [0.2, 0.25) is 0 Å². The average Bonchev–Trinajstić information content (AvgIpc) is 2.39. The van der Waals surface area contributed by atoms with E-state index >= 15 is 0 Å². The highest BCUT2D eigenvalue weighted by molar-refractivity contribution is 7.81. The molecule has 2 nitrogen and oxygen atoms in total. The summed E-state index contributed by atoms with van der Waals surface area (Å²) in [6.45, 7) is 0. The molecule has 0 saturated carbocycles. The predicted octanol–water partition coefficient (Wildman–Crippen LogP) is 2.86. The van der Waals surface area contributed by atoms with E-state index in [4.69, 9.17) is 0 Å². The van der Waals surface area contributed by atoms with E-state index in [2.05, 4.69) is 17.6 Å². The van der Waals surface area contributed by atoms with Crippen LogP contribution in [0.15, 0.2) is 48.7 Å². The summed E-state index contributed by atoms with van der Waals surface area (Å²) in [5.74, 6) is 0.277. The van der Waals surface area contributed by atoms with E-state index in [0.717, 1.165) is 11.3 Å². The van der Waals surface area contributed by atoms with Crippen molar-refractivity contribution in [2.45, 2.75) is 0 Å². The Hall–Kier alpha value is -1.61. The Bertz CT molecular complexity index is 479. The molecule has 1 aromatic carbocycles. The zero-order valence-corrected chi connectivity index (χ0v) is 9.52. The zero-order chi connectivity index (χ0) is 11.4. The van der Waals surface area contributed by atoms with Crippen LogP contribution in [0.2, 0.25) is 0 Å². The van der Waals surface area contributed by atoms with Gasteiger partial charge in [-0.05, 0) is 12.1 Å². The first kappa shape index (κ1) is 10.9. The summed E-state index contributed by atoms with van der Waals surface area (Å²) in [4.78, 5) is 15.6. The van der Waals surface area contributed by atoms with Crippen LogP contribution in [0.25, 0.3) is 11.3 Å². The largest absolute Gasteiger partial charge is 0.293 e. The van der Waals surface area contributed by atoms with Crippen LogP contribution in [0.4, 0.5) is 0 Å². The number of hydrogen-bond acceptors (Lipinski definition) is 3. The molecule has 1 aromatic heterocycles. The number of carbonyl (C=O) groups excluding carboxylic acids is 1. The second-order valence-electron chi connectivity index (χ2n) is 3.37. The predicted molar refractivity (Wildman–Crippen MR) is 67.9 cm³/mol. The molecule has 0 aliphatic heterocycles. The van der Waals surface area contributed by atoms with Crippen molar-refractivity contribution in [1.82, 2.24) is 4.98 Å². The van der Waals surface area contributed by atoms with Gasteiger partial charge in [0.15, 0.2) is 5.78 Å². The highest BCUT2D eigenvalue weighted by atomic mass is 32.1. The maximum atomic E-state index is 11.4. The van der Waals surface area contributed by atoms with Crippen LogP contribution in [-0.2, 0) is 0 Å². The Morgan fingerprint density at radius 3 is 2.44 bits per heavy atom. The molecule has 3 heteroatoms. The van der Waals surface area contributed by atoms with Crippen LogP contribution in [0, 0.1) is 0 Å². The molecule has 0 spiro atoms. The molecule has 2 rings (SSSR count). The lowest BCUT2D eigenvalue weighted by Crippen LogP contribution is -1.99. The van der Waals surface area contributed by atoms with E-state index < -0.39 is 0 Å². The van der Waals surface area contributed by atoms with Gasteiger partial charge in [-0.1, -0.05) is 30.3 Å². The molecule has 0 N–H and O–H groups in total. The summed E-state index contributed by atoms with van der Waals surface area (Å²) < 4.78 is 0. The molecular weight excluding hydrogens is 218 g/mol. The first-order valence-corrected chi connectivity index (χ1v) is 5.60. The maximum Gasteiger partial charge on any atom is 0.172 e. The molecule has 0 radical (unpaired) electrons. The maximum absolute atomic E-state index is 11.4. The third-order valence-corrected chi connectivity index (χ3v) is 2.60. The fourth-order valence-electron chi connectivity index (χ4n) is 1.45. The van der Waals surface area contributed by atoms with E-state index in [-0.39, 0.29) is 11.5 Å². The minimum absolute atomic E-state index is 0.0379. The summed E-state index contributed by atoms with van der Waals surface area (Å²) in [7, 11) is 0. The van der Waals surface area contributed by atoms with Crippen molar-refractivity contribution in [3.8, 4) is 11.3 Å². The molecular formula is C13H11NOS. The second kappa shape index (κ2) is 4.94. The topological polar surface area (TPSA) is 30.0 Å². The highest BCUT2D eigenvalue weighted by Gasteiger charge is 2.03. The smallest absolute Gasteiger partial charge is 0.172 e. The molecule has 0 unspecified atom stereocenters. The normalized spacial score (nSPS) is 10.1. The van der Waals surface area contributed by atoms with E-state index in [0.29, 0.717) is 5.56 Å². The van der Waals surface area contributed by atoms with Crippen molar-refractivity contribution in [3.05, 3.63) is 54.2 Å². The van der Waals surface area contributed by atoms with Crippen LogP contribution in [-0.4, -0.2) is 16.5 Å². The Balaban J connectivity index is 2.30. The van der Waals surface area contributed by atoms with Gasteiger partial charge in [0.1, 0.15) is 0 Å². The van der Waals surface area contributed by atoms with Crippen molar-refractivity contribution in [2.24, 2.45) is 0 Å². The van der Waals surface area contributed by atoms with Crippen LogP contribution in [0.3, 0.4) is 0 Å². The molecule has 80 valence electrons. The summed E-state index contributed by atoms with van der Waals surface area (Å²) in [6.07, 6.45) is 1.75. The van der Waals surface area contributed by atoms with Crippen LogP contribution < -0.4 is 0 Å². The monoisotopic (exact) mass is 229 g/mol. The number of carbonyl (C=O) groups is 1. The molecule has 1 heterocycles. The van der Waals surface area contributed by atoms with Crippen molar-refractivity contribution < 1.29 is 4.79 Å². The van der Waals surface area contributed by atoms with Gasteiger partial charge in [-0.15, -0.1) is 0 Å². The van der Waals surface area contributed by atoms with Crippen molar-refractivity contribution in [1.29, 1.82) is 0 Å². The molecule has 0 amide bonds. The van der Waals surface area contributed by atoms with Crippen LogP contribution in [0.1, 0.15) is 10.4 Å². The number of rotatable bonds is 3. The summed E-state index contributed by atoms with van der Waals surface area (Å²) >= 11 is 3.96. The second-order valence-corrected chi connectivity index (χ2v) is 3.69. The van der Waals surface area contributed by atoms with Gasteiger partial charge in [-0.2, -0.15) is 12.6 Å². The lowest BCUT2D eigenvalue weighted by atomic mass is 10.1. The summed E-state index contributed by atoms with van der Waals surface area (Å²) in [5, 5.41) is 0. The summed E-state index contributed by atoms with van der Waals surface area (Å²) in [6, 6.07) is 13.2. The van der Waals surface area contributed by atoms with Crippen molar-refractivity contribution in [2.75, 3.05) is 5.75 Å². The molecule has 0 aliphatic rings. The minimum atomic E-state index is 0.0379. The quantitative estimate of drug-likeness (QED) is 0.648. The van der Waals surface area contributed by atoms with Gasteiger partial charge >= 0.3 is 0 Å². The molecule has 2 aromatic rings. The number of thiol groups is 1. The number of aromatic nitrogens is 1. The molecule has 0 saturated heterocycles. The fraction of sp³-hybridized carbons (Fsp3) is 0.0769. The van der Waals surface area contributed by atoms with Crippen LogP contribution in [0.5, 0.6) is 0 Å². The zero-order valence-electron chi connectivity index (χ0n) is 8.63. The van der Waals surface area contributed by atoms with E-state index in [9.17, 15) is 4.79 Å². The number of benzene rings is 1. The van der Waals surface area contributed by atoms with Gasteiger partial charge in [0.25, 0.3) is 0 Å². The first-order valence-electron chi connectivity index (χ1n) is 4.97. The average molecular weight is 229 g/mol. The Labute approximate surface area is 99.8 Å². The summed E-state index contributed by atoms with van der Waals surface area (Å²) in [5.41, 5.74) is 2.61. The number of nitrogens with zero attached hydrogens (tertiary/aromatic N) is 1. The van der Waals surface area contributed by atoms with Crippen LogP contribution >= 0.6 is 12.6 Å². The van der Waals surface area contributed by atoms with Gasteiger partial charge in [0, 0.05) is 17.3 Å². The molecule has 0 aliphatic carbocycles. The number of hydrogen-bond donors (Lipinski definition) is 1. The Morgan fingerprint density at radius 1 is 1.12 bits per heavy atom. The van der Waals surface area contributed by atoms with Gasteiger partial charge in [-0.25, -0.2) is 0 Å². The lowest BCUT2D eigenvalue weighted by molar-refractivity contribution is 0.102. The third-order valence-electron chi connectivity index (χ3n) is 2.31. The fourth-order valence-corrected chi connectivity index (χ4v) is 1.63. The molecule has 0 fully saturated rings. The van der Waals surface area contributed by atoms with Gasteiger partial charge in [-0.3, -0.25) is 9.78 Å².